The summed E-state index contributed by atoms with van der Waals surface area (Å²) in [5.41, 5.74) is 7.17. The molecule has 0 bridgehead atoms. The summed E-state index contributed by atoms with van der Waals surface area (Å²) in [6.45, 7) is 6.28. The van der Waals surface area contributed by atoms with Crippen LogP contribution in [0.1, 0.15) is 72.9 Å². The highest BCUT2D eigenvalue weighted by Gasteiger charge is 2.35. The molecule has 3 aromatic carbocycles. The molecule has 2 aliphatic heterocycles. The third-order valence-electron chi connectivity index (χ3n) is 11.2. The standard InChI is InChI=1S/C41H47N5O3/c1-4-27-12-9-19-44(23-27)41(48)31-20-34-39(36(22-31)49-3)43(2)40(42-34)35-21-30-13-8-14-33(38(30)46(35)24-29-15-16-29)32-25-45(26-32)37(47)18-17-28-10-6-5-7-11-28/h5-8,10-11,13-14,20-22,27,29,32H,4,9,12,15-19,23-26H2,1-3H3/t27-/m1/s1. The molecule has 0 spiro atoms. The lowest BCUT2D eigenvalue weighted by molar-refractivity contribution is -0.135. The number of ether oxygens (including phenoxy) is 1. The van der Waals surface area contributed by atoms with E-state index in [0.29, 0.717) is 35.5 Å². The summed E-state index contributed by atoms with van der Waals surface area (Å²) in [6, 6.07) is 23.0. The molecule has 3 aliphatic rings. The number of hydrogen-bond acceptors (Lipinski definition) is 4. The molecule has 4 heterocycles. The van der Waals surface area contributed by atoms with Gasteiger partial charge in [0.15, 0.2) is 5.82 Å². The second-order valence-corrected chi connectivity index (χ2v) is 14.6. The van der Waals surface area contributed by atoms with E-state index >= 15 is 0 Å². The number of carbonyl (C=O) groups is 2. The Kier molecular flexibility index (Phi) is 8.42. The van der Waals surface area contributed by atoms with Gasteiger partial charge in [0.2, 0.25) is 5.91 Å². The molecular formula is C41H47N5O3. The van der Waals surface area contributed by atoms with Gasteiger partial charge in [0, 0.05) is 63.1 Å². The highest BCUT2D eigenvalue weighted by molar-refractivity contribution is 6.00. The largest absolute Gasteiger partial charge is 0.494 e. The predicted molar refractivity (Wildman–Crippen MR) is 194 cm³/mol. The molecule has 3 fully saturated rings. The lowest BCUT2D eigenvalue weighted by Crippen LogP contribution is -2.48. The maximum Gasteiger partial charge on any atom is 0.254 e. The van der Waals surface area contributed by atoms with E-state index in [1.54, 1.807) is 7.11 Å². The minimum absolute atomic E-state index is 0.0612. The number of aryl methyl sites for hydroxylation is 2. The fourth-order valence-electron chi connectivity index (χ4n) is 8.13. The number of hydrogen-bond donors (Lipinski definition) is 0. The first-order chi connectivity index (χ1) is 23.9. The number of carbonyl (C=O) groups excluding carboxylic acids is 2. The minimum atomic E-state index is 0.0612. The van der Waals surface area contributed by atoms with E-state index in [-0.39, 0.29) is 11.8 Å². The zero-order valence-electron chi connectivity index (χ0n) is 29.0. The summed E-state index contributed by atoms with van der Waals surface area (Å²) in [4.78, 5) is 36.1. The van der Waals surface area contributed by atoms with E-state index in [1.807, 2.05) is 40.1 Å². The Bertz CT molecular complexity index is 2020. The summed E-state index contributed by atoms with van der Waals surface area (Å²) in [5.74, 6) is 3.36. The Labute approximate surface area is 288 Å². The van der Waals surface area contributed by atoms with E-state index in [2.05, 4.69) is 59.5 Å². The number of para-hydroxylation sites is 1. The van der Waals surface area contributed by atoms with Crippen molar-refractivity contribution in [3.05, 3.63) is 83.4 Å². The monoisotopic (exact) mass is 657 g/mol. The van der Waals surface area contributed by atoms with E-state index in [0.717, 1.165) is 74.5 Å². The van der Waals surface area contributed by atoms with Crippen molar-refractivity contribution < 1.29 is 14.3 Å². The van der Waals surface area contributed by atoms with Crippen LogP contribution in [0, 0.1) is 11.8 Å². The molecular weight excluding hydrogens is 610 g/mol. The van der Waals surface area contributed by atoms with Crippen LogP contribution in [0.4, 0.5) is 0 Å². The third-order valence-corrected chi connectivity index (χ3v) is 11.2. The molecule has 8 nitrogen and oxygen atoms in total. The molecule has 5 aromatic rings. The number of amides is 2. The molecule has 49 heavy (non-hydrogen) atoms. The highest BCUT2D eigenvalue weighted by atomic mass is 16.5. The first-order valence-corrected chi connectivity index (χ1v) is 18.2. The van der Waals surface area contributed by atoms with Crippen LogP contribution in [0.2, 0.25) is 0 Å². The Morgan fingerprint density at radius 1 is 0.898 bits per heavy atom. The second kappa shape index (κ2) is 13.0. The molecule has 1 saturated carbocycles. The third kappa shape index (κ3) is 6.00. The van der Waals surface area contributed by atoms with Crippen molar-refractivity contribution in [3.8, 4) is 17.3 Å². The van der Waals surface area contributed by atoms with Crippen LogP contribution in [0.15, 0.2) is 66.7 Å². The fraction of sp³-hybridized carbons (Fsp3) is 0.439. The number of piperidine rings is 1. The van der Waals surface area contributed by atoms with Gasteiger partial charge in [0.05, 0.1) is 23.8 Å². The van der Waals surface area contributed by atoms with Crippen LogP contribution in [0.25, 0.3) is 33.5 Å². The quantitative estimate of drug-likeness (QED) is 0.157. The molecule has 0 unspecified atom stereocenters. The number of methoxy groups -OCH3 is 1. The number of imidazole rings is 1. The lowest BCUT2D eigenvalue weighted by atomic mass is 9.89. The Morgan fingerprint density at radius 2 is 1.71 bits per heavy atom. The van der Waals surface area contributed by atoms with Crippen LogP contribution >= 0.6 is 0 Å². The summed E-state index contributed by atoms with van der Waals surface area (Å²) >= 11 is 0. The van der Waals surface area contributed by atoms with E-state index < -0.39 is 0 Å². The summed E-state index contributed by atoms with van der Waals surface area (Å²) in [6.07, 6.45) is 7.14. The Hall–Kier alpha value is -4.59. The summed E-state index contributed by atoms with van der Waals surface area (Å²) in [7, 11) is 3.73. The van der Waals surface area contributed by atoms with Crippen LogP contribution in [0.5, 0.6) is 5.75 Å². The van der Waals surface area contributed by atoms with Crippen LogP contribution in [0.3, 0.4) is 0 Å². The van der Waals surface area contributed by atoms with Crippen molar-refractivity contribution in [2.24, 2.45) is 18.9 Å². The van der Waals surface area contributed by atoms with Crippen molar-refractivity contribution in [2.75, 3.05) is 33.3 Å². The number of aromatic nitrogens is 3. The van der Waals surface area contributed by atoms with Gasteiger partial charge in [0.1, 0.15) is 11.3 Å². The summed E-state index contributed by atoms with van der Waals surface area (Å²) < 4.78 is 10.5. The Balaban J connectivity index is 1.11. The molecule has 254 valence electrons. The molecule has 2 amide bonds. The molecule has 0 N–H and O–H groups in total. The van der Waals surface area contributed by atoms with Gasteiger partial charge >= 0.3 is 0 Å². The van der Waals surface area contributed by atoms with Crippen molar-refractivity contribution >= 4 is 33.8 Å². The van der Waals surface area contributed by atoms with Gasteiger partial charge in [-0.25, -0.2) is 4.98 Å². The molecule has 1 atom stereocenters. The van der Waals surface area contributed by atoms with Gasteiger partial charge in [-0.05, 0) is 73.3 Å². The normalized spacial score (nSPS) is 18.3. The van der Waals surface area contributed by atoms with E-state index in [9.17, 15) is 9.59 Å². The van der Waals surface area contributed by atoms with Gasteiger partial charge < -0.3 is 23.7 Å². The maximum absolute atomic E-state index is 13.7. The first kappa shape index (κ1) is 31.7. The molecule has 1 aliphatic carbocycles. The topological polar surface area (TPSA) is 72.6 Å². The fourth-order valence-corrected chi connectivity index (χ4v) is 8.13. The van der Waals surface area contributed by atoms with Crippen molar-refractivity contribution in [1.82, 2.24) is 23.9 Å². The van der Waals surface area contributed by atoms with Gasteiger partial charge in [-0.2, -0.15) is 0 Å². The van der Waals surface area contributed by atoms with Gasteiger partial charge in [-0.1, -0.05) is 61.9 Å². The first-order valence-electron chi connectivity index (χ1n) is 18.2. The predicted octanol–water partition coefficient (Wildman–Crippen LogP) is 7.43. The maximum atomic E-state index is 13.7. The van der Waals surface area contributed by atoms with Gasteiger partial charge in [-0.3, -0.25) is 9.59 Å². The van der Waals surface area contributed by atoms with Gasteiger partial charge in [0.25, 0.3) is 5.91 Å². The van der Waals surface area contributed by atoms with Gasteiger partial charge in [-0.15, -0.1) is 0 Å². The number of likely N-dealkylation sites (tertiary alicyclic amines) is 2. The number of fused-ring (bicyclic) bond motifs is 2. The van der Waals surface area contributed by atoms with Crippen molar-refractivity contribution in [1.29, 1.82) is 0 Å². The minimum Gasteiger partial charge on any atom is -0.494 e. The molecule has 2 aromatic heterocycles. The zero-order chi connectivity index (χ0) is 33.6. The SMILES string of the molecule is CC[C@@H]1CCCN(C(=O)c2cc(OC)c3c(c2)nc(-c2cc4cccc(C5CN(C(=O)CCc6ccccc6)C5)c4n2CC2CC2)n3C)C1. The van der Waals surface area contributed by atoms with Crippen molar-refractivity contribution in [3.63, 3.8) is 0 Å². The Morgan fingerprint density at radius 3 is 2.47 bits per heavy atom. The second-order valence-electron chi connectivity index (χ2n) is 14.6. The molecule has 2 saturated heterocycles. The zero-order valence-corrected chi connectivity index (χ0v) is 29.0. The average molecular weight is 658 g/mol. The van der Waals surface area contributed by atoms with Crippen LogP contribution < -0.4 is 4.74 Å². The number of rotatable bonds is 10. The van der Waals surface area contributed by atoms with Crippen LogP contribution in [-0.4, -0.2) is 69.0 Å². The molecule has 8 heteroatoms. The average Bonchev–Trinajstić information content (AvgIpc) is 3.78. The summed E-state index contributed by atoms with van der Waals surface area (Å²) in [5, 5.41) is 1.20. The van der Waals surface area contributed by atoms with E-state index in [1.165, 1.54) is 41.3 Å². The lowest BCUT2D eigenvalue weighted by Gasteiger charge is -2.40. The number of benzene rings is 3. The van der Waals surface area contributed by atoms with Crippen molar-refractivity contribution in [2.45, 2.75) is 64.3 Å². The molecule has 0 radical (unpaired) electrons. The smallest absolute Gasteiger partial charge is 0.254 e. The highest BCUT2D eigenvalue weighted by Crippen LogP contribution is 2.41. The molecule has 8 rings (SSSR count). The van der Waals surface area contributed by atoms with Crippen LogP contribution in [-0.2, 0) is 24.8 Å². The number of nitrogens with zero attached hydrogens (tertiary/aromatic N) is 5. The van der Waals surface area contributed by atoms with E-state index in [4.69, 9.17) is 9.72 Å².